The Bertz CT molecular complexity index is 1570. The maximum Gasteiger partial charge on any atom is 0.373 e. The van der Waals surface area contributed by atoms with Crippen LogP contribution in [0.5, 0.6) is 0 Å². The zero-order valence-electron chi connectivity index (χ0n) is 28.2. The maximum atomic E-state index is 5.36. The molecule has 1 aliphatic rings. The first-order chi connectivity index (χ1) is 23.8. The van der Waals surface area contributed by atoms with Crippen LogP contribution in [0.1, 0.15) is 55.1 Å². The SMILES string of the molecule is C=CCN(CC)c1nc(N(C)CC2=C(c3ccc(C([O][Al])[O][Al])cc3)NN=C(c3ccc(C([O][Al])[O][Al])cc3)C2)nc(N(CC)CC=C)n1. The summed E-state index contributed by atoms with van der Waals surface area (Å²) in [5.74, 6) is 1.74. The van der Waals surface area contributed by atoms with Crippen molar-refractivity contribution in [3.63, 3.8) is 0 Å². The highest BCUT2D eigenvalue weighted by Crippen LogP contribution is 2.29. The lowest BCUT2D eigenvalue weighted by Crippen LogP contribution is -2.32. The fourth-order valence-electron chi connectivity index (χ4n) is 5.29. The van der Waals surface area contributed by atoms with Crippen molar-refractivity contribution >= 4 is 95.7 Å². The predicted octanol–water partition coefficient (Wildman–Crippen LogP) is 3.54. The second-order valence-corrected chi connectivity index (χ2v) is 12.1. The average Bonchev–Trinajstić information content (AvgIpc) is 3.14. The van der Waals surface area contributed by atoms with Gasteiger partial charge in [-0.1, -0.05) is 60.7 Å². The minimum absolute atomic E-state index is 0.512. The van der Waals surface area contributed by atoms with Gasteiger partial charge in [0.05, 0.1) is 11.4 Å². The Morgan fingerprint density at radius 2 is 1.18 bits per heavy atom. The van der Waals surface area contributed by atoms with Crippen molar-refractivity contribution in [1.29, 1.82) is 0 Å². The zero-order chi connectivity index (χ0) is 35.3. The molecule has 0 amide bonds. The minimum atomic E-state index is -0.525. The lowest BCUT2D eigenvalue weighted by atomic mass is 9.95. The summed E-state index contributed by atoms with van der Waals surface area (Å²) in [4.78, 5) is 20.9. The van der Waals surface area contributed by atoms with Gasteiger partial charge < -0.3 is 29.9 Å². The predicted molar refractivity (Wildman–Crippen MR) is 196 cm³/mol. The van der Waals surface area contributed by atoms with E-state index in [1.807, 2.05) is 72.6 Å². The summed E-state index contributed by atoms with van der Waals surface area (Å²) in [7, 11) is 1.99. The van der Waals surface area contributed by atoms with E-state index in [0.29, 0.717) is 43.9 Å². The molecule has 0 atom stereocenters. The van der Waals surface area contributed by atoms with Crippen molar-refractivity contribution in [2.24, 2.45) is 5.10 Å². The van der Waals surface area contributed by atoms with Crippen molar-refractivity contribution in [3.05, 3.63) is 102 Å². The third-order valence-electron chi connectivity index (χ3n) is 7.92. The van der Waals surface area contributed by atoms with Gasteiger partial charge in [-0.15, -0.1) is 13.2 Å². The van der Waals surface area contributed by atoms with E-state index in [0.717, 1.165) is 52.3 Å². The average molecular weight is 719 g/mol. The van der Waals surface area contributed by atoms with Crippen LogP contribution in [0.3, 0.4) is 0 Å². The molecule has 4 rings (SSSR count). The molecule has 16 heteroatoms. The Labute approximate surface area is 323 Å². The van der Waals surface area contributed by atoms with E-state index in [9.17, 15) is 0 Å². The fraction of sp³-hybridized carbons (Fsp3) is 0.333. The van der Waals surface area contributed by atoms with Crippen LogP contribution < -0.4 is 20.1 Å². The van der Waals surface area contributed by atoms with Crippen molar-refractivity contribution in [3.8, 4) is 0 Å². The Hall–Kier alpha value is -2.49. The summed E-state index contributed by atoms with van der Waals surface area (Å²) in [6, 6.07) is 16.0. The van der Waals surface area contributed by atoms with Crippen LogP contribution in [-0.2, 0) is 15.2 Å². The number of rotatable bonds is 19. The number of hydrazone groups is 1. The van der Waals surface area contributed by atoms with Crippen LogP contribution in [0, 0.1) is 0 Å². The number of hydrogen-bond donors (Lipinski definition) is 1. The van der Waals surface area contributed by atoms with Gasteiger partial charge in [0.25, 0.3) is 0 Å². The third-order valence-corrected chi connectivity index (χ3v) is 8.91. The molecule has 1 N–H and O–H groups in total. The van der Waals surface area contributed by atoms with Crippen molar-refractivity contribution < 1.29 is 15.2 Å². The van der Waals surface area contributed by atoms with Gasteiger partial charge in [-0.2, -0.15) is 20.1 Å². The summed E-state index contributed by atoms with van der Waals surface area (Å²) in [6.07, 6.45) is 3.25. The smallest absolute Gasteiger partial charge is 0.373 e. The highest BCUT2D eigenvalue weighted by Gasteiger charge is 2.23. The molecule has 246 valence electrons. The van der Waals surface area contributed by atoms with E-state index in [2.05, 4.69) is 109 Å². The molecule has 12 nitrogen and oxygen atoms in total. The van der Waals surface area contributed by atoms with Gasteiger partial charge in [-0.05, 0) is 30.5 Å². The number of anilines is 3. The van der Waals surface area contributed by atoms with Crippen LogP contribution in [0.25, 0.3) is 5.70 Å². The molecule has 2 aromatic carbocycles. The second kappa shape index (κ2) is 19.8. The van der Waals surface area contributed by atoms with Gasteiger partial charge in [0.15, 0.2) is 0 Å². The largest absolute Gasteiger partial charge is 0.494 e. The third kappa shape index (κ3) is 10.1. The zero-order valence-corrected chi connectivity index (χ0v) is 32.8. The molecule has 0 spiro atoms. The molecule has 2 heterocycles. The molecule has 0 saturated heterocycles. The van der Waals surface area contributed by atoms with Crippen molar-refractivity contribution in [2.45, 2.75) is 32.8 Å². The fourth-order valence-corrected chi connectivity index (χ4v) is 6.43. The molecule has 8 radical (unpaired) electrons. The van der Waals surface area contributed by atoms with Gasteiger partial charge in [-0.3, -0.25) is 5.43 Å². The first kappa shape index (κ1) is 39.3. The van der Waals surface area contributed by atoms with Gasteiger partial charge in [0, 0.05) is 57.3 Å². The van der Waals surface area contributed by atoms with Crippen LogP contribution in [0.15, 0.2) is 84.5 Å². The summed E-state index contributed by atoms with van der Waals surface area (Å²) >= 11 is 8.97. The molecule has 0 unspecified atom stereocenters. The minimum Gasteiger partial charge on any atom is -0.494 e. The molecule has 1 aromatic heterocycles. The Morgan fingerprint density at radius 1 is 0.735 bits per heavy atom. The molecular weight excluding hydrogens is 680 g/mol. The quantitative estimate of drug-likeness (QED) is 0.112. The molecule has 0 fully saturated rings. The Kier molecular flexibility index (Phi) is 15.9. The van der Waals surface area contributed by atoms with Crippen molar-refractivity contribution in [1.82, 2.24) is 20.4 Å². The maximum absolute atomic E-state index is 5.36. The molecule has 49 heavy (non-hydrogen) atoms. The molecular formula is C33H38Al4N8O4. The molecule has 0 saturated carbocycles. The first-order valence-corrected chi connectivity index (χ1v) is 17.6. The van der Waals surface area contributed by atoms with Gasteiger partial charge in [0.1, 0.15) is 12.6 Å². The number of nitrogens with zero attached hydrogens (tertiary/aromatic N) is 7. The van der Waals surface area contributed by atoms with Gasteiger partial charge in [0.2, 0.25) is 17.8 Å². The van der Waals surface area contributed by atoms with E-state index in [4.69, 9.17) is 35.2 Å². The monoisotopic (exact) mass is 718 g/mol. The van der Waals surface area contributed by atoms with Gasteiger partial charge >= 0.3 is 66.5 Å². The van der Waals surface area contributed by atoms with Crippen LogP contribution in [0.2, 0.25) is 0 Å². The lowest BCUT2D eigenvalue weighted by Gasteiger charge is -2.28. The number of likely N-dealkylation sites (N-methyl/N-ethyl adjacent to an activating group) is 3. The number of benzene rings is 2. The summed E-state index contributed by atoms with van der Waals surface area (Å²) < 4.78 is 21.4. The number of hydrogen-bond acceptors (Lipinski definition) is 12. The van der Waals surface area contributed by atoms with Crippen molar-refractivity contribution in [2.75, 3.05) is 54.5 Å². The number of nitrogens with one attached hydrogen (secondary N) is 1. The summed E-state index contributed by atoms with van der Waals surface area (Å²) in [5, 5.41) is 4.82. The normalized spacial score (nSPS) is 12.9. The number of aromatic nitrogens is 3. The standard InChI is InChI=1S/C33H38N8O4.4Al/c1-6-18-40(8-3)32-34-31(35-33(36-32)41(9-4)19-7-2)39(5)21-26-20-27(22-10-14-24(15-11-22)29(42)43)37-38-28(26)23-12-16-25(17-13-23)30(44)45;;;;/h6-7,10-17,29-30,38H,1-2,8-9,18-21H2,3-5H3;;;;/q-4;4*+1. The summed E-state index contributed by atoms with van der Waals surface area (Å²) in [6.45, 7) is 15.2. The first-order valence-electron chi connectivity index (χ1n) is 15.7. The lowest BCUT2D eigenvalue weighted by molar-refractivity contribution is 0.0178. The van der Waals surface area contributed by atoms with E-state index in [1.54, 1.807) is 0 Å². The van der Waals surface area contributed by atoms with E-state index >= 15 is 0 Å². The van der Waals surface area contributed by atoms with E-state index in [-0.39, 0.29) is 0 Å². The Balaban J connectivity index is 1.74. The van der Waals surface area contributed by atoms with Crippen LogP contribution >= 0.6 is 0 Å². The molecule has 0 bridgehead atoms. The topological polar surface area (TPSA) is 110 Å². The van der Waals surface area contributed by atoms with E-state index < -0.39 is 12.6 Å². The van der Waals surface area contributed by atoms with Gasteiger partial charge in [-0.25, -0.2) is 0 Å². The summed E-state index contributed by atoms with van der Waals surface area (Å²) in [5.41, 5.74) is 9.96. The molecule has 3 aromatic rings. The molecule has 1 aliphatic heterocycles. The second-order valence-electron chi connectivity index (χ2n) is 11.0. The highest BCUT2D eigenvalue weighted by molar-refractivity contribution is 6.04. The highest BCUT2D eigenvalue weighted by atomic mass is 27.1. The van der Waals surface area contributed by atoms with Crippen LogP contribution in [-0.4, -0.2) is 127 Å². The molecule has 0 aliphatic carbocycles. The Morgan fingerprint density at radius 3 is 1.61 bits per heavy atom. The van der Waals surface area contributed by atoms with E-state index in [1.165, 1.54) is 0 Å². The van der Waals surface area contributed by atoms with Crippen LogP contribution in [0.4, 0.5) is 17.8 Å².